The molecule has 0 N–H and O–H groups in total. The Balaban J connectivity index is 1.61. The van der Waals surface area contributed by atoms with Crippen LogP contribution < -0.4 is 4.74 Å². The first-order valence-corrected chi connectivity index (χ1v) is 9.53. The molecule has 1 unspecified atom stereocenters. The number of benzene rings is 2. The Morgan fingerprint density at radius 2 is 1.89 bits per heavy atom. The Morgan fingerprint density at radius 3 is 2.61 bits per heavy atom. The predicted octanol–water partition coefficient (Wildman–Crippen LogP) is 4.30. The van der Waals surface area contributed by atoms with Gasteiger partial charge in [0.05, 0.1) is 6.04 Å². The molecule has 0 saturated heterocycles. The molecule has 146 valence electrons. The van der Waals surface area contributed by atoms with Gasteiger partial charge in [0.25, 0.3) is 0 Å². The second-order valence-electron chi connectivity index (χ2n) is 7.20. The van der Waals surface area contributed by atoms with Crippen molar-refractivity contribution >= 4 is 6.41 Å². The van der Waals surface area contributed by atoms with E-state index in [9.17, 15) is 4.79 Å². The Bertz CT molecular complexity index is 905. The van der Waals surface area contributed by atoms with Crippen molar-refractivity contribution in [3.8, 4) is 5.75 Å². The first-order chi connectivity index (χ1) is 13.5. The molecule has 5 heteroatoms. The molecule has 5 nitrogen and oxygen atoms in total. The van der Waals surface area contributed by atoms with Crippen LogP contribution in [0.15, 0.2) is 60.7 Å². The molecule has 3 aromatic rings. The average Bonchev–Trinajstić information content (AvgIpc) is 3.07. The van der Waals surface area contributed by atoms with E-state index in [1.165, 1.54) is 5.56 Å². The van der Waals surface area contributed by atoms with E-state index in [1.54, 1.807) is 4.90 Å². The molecule has 1 atom stereocenters. The predicted molar refractivity (Wildman–Crippen MR) is 110 cm³/mol. The van der Waals surface area contributed by atoms with Crippen LogP contribution in [0.1, 0.15) is 35.5 Å². The van der Waals surface area contributed by atoms with Crippen LogP contribution in [-0.2, 0) is 17.9 Å². The number of carbonyl (C=O) groups excluding carboxylic acids is 1. The lowest BCUT2D eigenvalue weighted by atomic mass is 10.2. The summed E-state index contributed by atoms with van der Waals surface area (Å²) < 4.78 is 7.83. The van der Waals surface area contributed by atoms with E-state index in [2.05, 4.69) is 6.92 Å². The van der Waals surface area contributed by atoms with Crippen molar-refractivity contribution in [2.24, 2.45) is 0 Å². The van der Waals surface area contributed by atoms with Crippen molar-refractivity contribution in [2.75, 3.05) is 6.54 Å². The van der Waals surface area contributed by atoms with Crippen molar-refractivity contribution in [2.45, 2.75) is 40.0 Å². The minimum absolute atomic E-state index is 0.0710. The molecule has 2 aromatic carbocycles. The standard InChI is InChI=1S/C23H27N3O2/c1-18-8-7-11-23(12-18)28-16-22-13-19(2)26(24-22)20(3)14-25(17-27)15-21-9-5-4-6-10-21/h4-13,17,20H,14-16H2,1-3H3. The van der Waals surface area contributed by atoms with Crippen LogP contribution in [0.5, 0.6) is 5.75 Å². The largest absolute Gasteiger partial charge is 0.487 e. The summed E-state index contributed by atoms with van der Waals surface area (Å²) in [6, 6.07) is 20.1. The van der Waals surface area contributed by atoms with Gasteiger partial charge in [0.1, 0.15) is 18.1 Å². The highest BCUT2D eigenvalue weighted by Crippen LogP contribution is 2.17. The van der Waals surface area contributed by atoms with Gasteiger partial charge in [-0.05, 0) is 50.1 Å². The monoisotopic (exact) mass is 377 g/mol. The highest BCUT2D eigenvalue weighted by molar-refractivity contribution is 5.47. The van der Waals surface area contributed by atoms with Gasteiger partial charge in [-0.15, -0.1) is 0 Å². The molecule has 0 aliphatic rings. The second-order valence-corrected chi connectivity index (χ2v) is 7.20. The van der Waals surface area contributed by atoms with Gasteiger partial charge < -0.3 is 9.64 Å². The lowest BCUT2D eigenvalue weighted by molar-refractivity contribution is -0.119. The number of aryl methyl sites for hydroxylation is 2. The second kappa shape index (κ2) is 9.22. The third kappa shape index (κ3) is 5.22. The summed E-state index contributed by atoms with van der Waals surface area (Å²) >= 11 is 0. The van der Waals surface area contributed by atoms with E-state index in [0.717, 1.165) is 29.1 Å². The Kier molecular flexibility index (Phi) is 6.48. The maximum Gasteiger partial charge on any atom is 0.210 e. The number of rotatable bonds is 9. The zero-order valence-electron chi connectivity index (χ0n) is 16.7. The summed E-state index contributed by atoms with van der Waals surface area (Å²) in [5.41, 5.74) is 4.22. The lowest BCUT2D eigenvalue weighted by Gasteiger charge is -2.23. The molecule has 0 aliphatic carbocycles. The zero-order valence-corrected chi connectivity index (χ0v) is 16.7. The molecule has 3 rings (SSSR count). The van der Waals surface area contributed by atoms with Gasteiger partial charge in [-0.1, -0.05) is 42.5 Å². The van der Waals surface area contributed by atoms with Crippen molar-refractivity contribution in [3.63, 3.8) is 0 Å². The smallest absolute Gasteiger partial charge is 0.210 e. The number of carbonyl (C=O) groups is 1. The van der Waals surface area contributed by atoms with Crippen molar-refractivity contribution in [3.05, 3.63) is 83.2 Å². The highest BCUT2D eigenvalue weighted by atomic mass is 16.5. The van der Waals surface area contributed by atoms with Gasteiger partial charge in [0, 0.05) is 18.8 Å². The average molecular weight is 377 g/mol. The molecule has 0 aliphatic heterocycles. The normalized spacial score (nSPS) is 11.8. The number of aromatic nitrogens is 2. The molecule has 0 spiro atoms. The zero-order chi connectivity index (χ0) is 19.9. The fourth-order valence-corrected chi connectivity index (χ4v) is 3.31. The van der Waals surface area contributed by atoms with Gasteiger partial charge in [-0.25, -0.2) is 0 Å². The van der Waals surface area contributed by atoms with Gasteiger partial charge in [0.15, 0.2) is 0 Å². The summed E-state index contributed by atoms with van der Waals surface area (Å²) in [7, 11) is 0. The summed E-state index contributed by atoms with van der Waals surface area (Å²) in [4.78, 5) is 13.3. The number of amides is 1. The number of nitrogens with zero attached hydrogens (tertiary/aromatic N) is 3. The molecular formula is C23H27N3O2. The molecule has 0 saturated carbocycles. The van der Waals surface area contributed by atoms with E-state index in [-0.39, 0.29) is 6.04 Å². The molecule has 1 amide bonds. The molecule has 1 aromatic heterocycles. The number of hydrogen-bond donors (Lipinski definition) is 0. The maximum atomic E-state index is 11.5. The molecule has 0 fully saturated rings. The van der Waals surface area contributed by atoms with Crippen LogP contribution >= 0.6 is 0 Å². The molecule has 1 heterocycles. The van der Waals surface area contributed by atoms with Crippen LogP contribution in [-0.4, -0.2) is 27.6 Å². The molecule has 0 bridgehead atoms. The number of hydrogen-bond acceptors (Lipinski definition) is 3. The van der Waals surface area contributed by atoms with Crippen LogP contribution in [0.4, 0.5) is 0 Å². The first kappa shape index (κ1) is 19.7. The van der Waals surface area contributed by atoms with Crippen molar-refractivity contribution < 1.29 is 9.53 Å². The summed E-state index contributed by atoms with van der Waals surface area (Å²) in [6.07, 6.45) is 0.907. The topological polar surface area (TPSA) is 47.4 Å². The van der Waals surface area contributed by atoms with Crippen LogP contribution in [0, 0.1) is 13.8 Å². The fraction of sp³-hybridized carbons (Fsp3) is 0.304. The minimum atomic E-state index is 0.0710. The lowest BCUT2D eigenvalue weighted by Crippen LogP contribution is -2.29. The van der Waals surface area contributed by atoms with E-state index in [4.69, 9.17) is 9.84 Å². The van der Waals surface area contributed by atoms with E-state index >= 15 is 0 Å². The van der Waals surface area contributed by atoms with E-state index in [1.807, 2.05) is 79.2 Å². The van der Waals surface area contributed by atoms with Crippen molar-refractivity contribution in [1.82, 2.24) is 14.7 Å². The molecule has 28 heavy (non-hydrogen) atoms. The molecular weight excluding hydrogens is 350 g/mol. The van der Waals surface area contributed by atoms with E-state index in [0.29, 0.717) is 19.7 Å². The Morgan fingerprint density at radius 1 is 1.11 bits per heavy atom. The van der Waals surface area contributed by atoms with Crippen LogP contribution in [0.2, 0.25) is 0 Å². The first-order valence-electron chi connectivity index (χ1n) is 9.53. The van der Waals surface area contributed by atoms with Gasteiger partial charge >= 0.3 is 0 Å². The third-order valence-corrected chi connectivity index (χ3v) is 4.64. The summed E-state index contributed by atoms with van der Waals surface area (Å²) in [5, 5.41) is 4.69. The fourth-order valence-electron chi connectivity index (χ4n) is 3.31. The number of ether oxygens (including phenoxy) is 1. The minimum Gasteiger partial charge on any atom is -0.487 e. The summed E-state index contributed by atoms with van der Waals surface area (Å²) in [6.45, 7) is 7.76. The van der Waals surface area contributed by atoms with Crippen molar-refractivity contribution in [1.29, 1.82) is 0 Å². The Hall–Kier alpha value is -3.08. The third-order valence-electron chi connectivity index (χ3n) is 4.64. The SMILES string of the molecule is Cc1cccc(OCc2cc(C)n(C(C)CN(C=O)Cc3ccccc3)n2)c1. The van der Waals surface area contributed by atoms with E-state index < -0.39 is 0 Å². The van der Waals surface area contributed by atoms with Crippen LogP contribution in [0.3, 0.4) is 0 Å². The van der Waals surface area contributed by atoms with Crippen LogP contribution in [0.25, 0.3) is 0 Å². The van der Waals surface area contributed by atoms with Gasteiger partial charge in [-0.2, -0.15) is 5.10 Å². The summed E-state index contributed by atoms with van der Waals surface area (Å²) in [5.74, 6) is 0.843. The van der Waals surface area contributed by atoms with Gasteiger partial charge in [0.2, 0.25) is 6.41 Å². The maximum absolute atomic E-state index is 11.5. The highest BCUT2D eigenvalue weighted by Gasteiger charge is 2.15. The van der Waals surface area contributed by atoms with Gasteiger partial charge in [-0.3, -0.25) is 9.48 Å². The quantitative estimate of drug-likeness (QED) is 0.523. The molecule has 0 radical (unpaired) electrons. The Labute approximate surface area is 166 Å².